The molecule has 2 heterocycles. The number of aromatic nitrogens is 2. The fourth-order valence-electron chi connectivity index (χ4n) is 6.55. The Hall–Kier alpha value is -5.92. The molecule has 0 aliphatic carbocycles. The summed E-state index contributed by atoms with van der Waals surface area (Å²) in [5, 5.41) is 56.5. The molecule has 14 nitrogen and oxygen atoms in total. The van der Waals surface area contributed by atoms with Gasteiger partial charge in [-0.1, -0.05) is 54.1 Å². The maximum Gasteiger partial charge on any atom is 0.306 e. The summed E-state index contributed by atoms with van der Waals surface area (Å²) < 4.78 is 12.5. The zero-order valence-electron chi connectivity index (χ0n) is 33.5. The number of pyridine rings is 2. The molecule has 0 unspecified atom stereocenters. The average Bonchev–Trinajstić information content (AvgIpc) is 3.22. The molecule has 0 saturated heterocycles. The minimum Gasteiger partial charge on any atom is -0.488 e. The molecule has 5 aromatic rings. The molecular weight excluding hydrogens is 788 g/mol. The number of carboxylic acid groups (broad SMARTS) is 2. The van der Waals surface area contributed by atoms with Gasteiger partial charge in [-0.3, -0.25) is 19.6 Å². The highest BCUT2D eigenvalue weighted by molar-refractivity contribution is 6.32. The van der Waals surface area contributed by atoms with Crippen molar-refractivity contribution in [3.63, 3.8) is 0 Å². The van der Waals surface area contributed by atoms with Crippen LogP contribution in [0.5, 0.6) is 11.5 Å². The van der Waals surface area contributed by atoms with Crippen LogP contribution in [0.1, 0.15) is 51.9 Å². The van der Waals surface area contributed by atoms with Gasteiger partial charge in [0.2, 0.25) is 0 Å². The van der Waals surface area contributed by atoms with E-state index in [1.807, 2.05) is 30.5 Å². The highest BCUT2D eigenvalue weighted by Crippen LogP contribution is 2.37. The van der Waals surface area contributed by atoms with Crippen LogP contribution in [0.4, 0.5) is 0 Å². The van der Waals surface area contributed by atoms with Crippen LogP contribution in [0.25, 0.3) is 22.3 Å². The number of rotatable bonds is 23. The number of carbonyl (C=O) groups is 2. The minimum atomic E-state index is -1.10. The summed E-state index contributed by atoms with van der Waals surface area (Å²) in [6.07, 6.45) is 2.27. The normalized spacial score (nSPS) is 12.1. The smallest absolute Gasteiger partial charge is 0.306 e. The Kier molecular flexibility index (Phi) is 16.9. The van der Waals surface area contributed by atoms with Crippen molar-refractivity contribution < 1.29 is 39.5 Å². The molecule has 0 fully saturated rings. The van der Waals surface area contributed by atoms with Gasteiger partial charge >= 0.3 is 11.9 Å². The zero-order chi connectivity index (χ0) is 43.0. The maximum atomic E-state index is 11.0. The van der Waals surface area contributed by atoms with E-state index in [1.54, 1.807) is 24.4 Å². The number of aliphatic carboxylic acids is 2. The fourth-order valence-corrected chi connectivity index (χ4v) is 6.79. The molecule has 2 atom stereocenters. The predicted octanol–water partition coefficient (Wildman–Crippen LogP) is 5.55. The van der Waals surface area contributed by atoms with Crippen LogP contribution in [-0.4, -0.2) is 80.7 Å². The number of aliphatic hydroxyl groups is 2. The SMILES string of the molecule is Cc1c(COc2cc(OCc3cncc(C#N)c3)c(CNC[C@@H](O)CC(=O)O)cc2Cl)cccc1-c1cccc(-c2ccc(CNCCNC[C@@H](O)CC(=O)O)nc2)c1C. The van der Waals surface area contributed by atoms with E-state index in [4.69, 9.17) is 31.3 Å². The largest absolute Gasteiger partial charge is 0.488 e. The van der Waals surface area contributed by atoms with Crippen LogP contribution in [0.2, 0.25) is 5.02 Å². The number of carboxylic acids is 2. The van der Waals surface area contributed by atoms with E-state index in [9.17, 15) is 25.1 Å². The highest BCUT2D eigenvalue weighted by Gasteiger charge is 2.17. The second-order valence-electron chi connectivity index (χ2n) is 14.3. The number of nitrogens with zero attached hydrogens (tertiary/aromatic N) is 3. The molecule has 0 aliphatic heterocycles. The summed E-state index contributed by atoms with van der Waals surface area (Å²) in [6.45, 7) is 6.74. The lowest BCUT2D eigenvalue weighted by molar-refractivity contribution is -0.140. The van der Waals surface area contributed by atoms with E-state index in [1.165, 1.54) is 6.20 Å². The van der Waals surface area contributed by atoms with E-state index in [0.29, 0.717) is 52.8 Å². The van der Waals surface area contributed by atoms with Crippen LogP contribution in [0.3, 0.4) is 0 Å². The van der Waals surface area contributed by atoms with Gasteiger partial charge in [0.15, 0.2) is 0 Å². The van der Waals surface area contributed by atoms with Crippen LogP contribution in [0, 0.1) is 25.2 Å². The Morgan fingerprint density at radius 2 is 1.42 bits per heavy atom. The number of nitrogens with one attached hydrogen (secondary N) is 3. The molecule has 0 saturated carbocycles. The van der Waals surface area contributed by atoms with Crippen LogP contribution in [0.15, 0.2) is 85.3 Å². The van der Waals surface area contributed by atoms with Crippen LogP contribution >= 0.6 is 11.6 Å². The van der Waals surface area contributed by atoms with E-state index >= 15 is 0 Å². The summed E-state index contributed by atoms with van der Waals surface area (Å²) in [6, 6.07) is 23.5. The Labute approximate surface area is 353 Å². The molecule has 15 heteroatoms. The third kappa shape index (κ3) is 13.3. The summed E-state index contributed by atoms with van der Waals surface area (Å²) in [7, 11) is 0. The van der Waals surface area contributed by atoms with E-state index < -0.39 is 30.6 Å². The maximum absolute atomic E-state index is 11.0. The third-order valence-corrected chi connectivity index (χ3v) is 10.00. The van der Waals surface area contributed by atoms with Crippen molar-refractivity contribution >= 4 is 23.5 Å². The van der Waals surface area contributed by atoms with Crippen molar-refractivity contribution in [1.29, 1.82) is 5.26 Å². The molecule has 0 bridgehead atoms. The number of hydrogen-bond acceptors (Lipinski definition) is 12. The van der Waals surface area contributed by atoms with Gasteiger partial charge in [-0.2, -0.15) is 5.26 Å². The molecule has 5 rings (SSSR count). The first-order valence-electron chi connectivity index (χ1n) is 19.4. The number of aliphatic hydroxyl groups excluding tert-OH is 2. The third-order valence-electron chi connectivity index (χ3n) is 9.70. The molecule has 3 aromatic carbocycles. The Morgan fingerprint density at radius 3 is 2.12 bits per heavy atom. The van der Waals surface area contributed by atoms with Crippen molar-refractivity contribution in [2.24, 2.45) is 0 Å². The molecule has 0 aliphatic rings. The summed E-state index contributed by atoms with van der Waals surface area (Å²) in [5.74, 6) is -1.28. The van der Waals surface area contributed by atoms with Gasteiger partial charge in [-0.15, -0.1) is 0 Å². The molecule has 0 radical (unpaired) electrons. The van der Waals surface area contributed by atoms with Crippen molar-refractivity contribution in [1.82, 2.24) is 25.9 Å². The van der Waals surface area contributed by atoms with Crippen LogP contribution in [-0.2, 0) is 35.9 Å². The second kappa shape index (κ2) is 22.5. The van der Waals surface area contributed by atoms with Crippen molar-refractivity contribution in [3.8, 4) is 39.8 Å². The predicted molar refractivity (Wildman–Crippen MR) is 226 cm³/mol. The summed E-state index contributed by atoms with van der Waals surface area (Å²) in [5.41, 5.74) is 9.91. The lowest BCUT2D eigenvalue weighted by atomic mass is 9.90. The fraction of sp³-hybridized carbons (Fsp3) is 0.311. The molecular formula is C45H49ClN6O8. The topological polar surface area (TPSA) is 219 Å². The van der Waals surface area contributed by atoms with Crippen molar-refractivity contribution in [3.05, 3.63) is 129 Å². The van der Waals surface area contributed by atoms with Gasteiger partial charge < -0.3 is 45.9 Å². The number of hydrogen-bond donors (Lipinski definition) is 7. The molecule has 0 amide bonds. The lowest BCUT2D eigenvalue weighted by Gasteiger charge is -2.18. The number of nitriles is 1. The van der Waals surface area contributed by atoms with Crippen LogP contribution < -0.4 is 25.4 Å². The second-order valence-corrected chi connectivity index (χ2v) is 14.7. The van der Waals surface area contributed by atoms with Gasteiger partial charge in [-0.05, 0) is 65.4 Å². The van der Waals surface area contributed by atoms with Gasteiger partial charge in [-0.25, -0.2) is 0 Å². The van der Waals surface area contributed by atoms with Crippen molar-refractivity contribution in [2.45, 2.75) is 65.2 Å². The molecule has 314 valence electrons. The van der Waals surface area contributed by atoms with E-state index in [-0.39, 0.29) is 39.3 Å². The highest BCUT2D eigenvalue weighted by atomic mass is 35.5. The molecule has 7 N–H and O–H groups in total. The summed E-state index contributed by atoms with van der Waals surface area (Å²) in [4.78, 5) is 30.5. The lowest BCUT2D eigenvalue weighted by Crippen LogP contribution is -2.33. The number of halogens is 1. The van der Waals surface area contributed by atoms with E-state index in [0.717, 1.165) is 44.6 Å². The molecule has 0 spiro atoms. The first kappa shape index (κ1) is 45.2. The Bertz CT molecular complexity index is 2280. The summed E-state index contributed by atoms with van der Waals surface area (Å²) >= 11 is 6.76. The first-order chi connectivity index (χ1) is 28.9. The minimum absolute atomic E-state index is 0.0443. The zero-order valence-corrected chi connectivity index (χ0v) is 34.2. The Balaban J connectivity index is 1.26. The number of ether oxygens (including phenoxy) is 2. The number of benzene rings is 3. The monoisotopic (exact) mass is 836 g/mol. The quantitative estimate of drug-likeness (QED) is 0.0402. The first-order valence-corrected chi connectivity index (χ1v) is 19.8. The standard InChI is InChI=1S/C45H49ClN6O8/c1-28-33(27-60-43-17-42(59-26-31-13-30(18-47)19-50-20-31)34(14-41(43)46)21-51-25-37(54)16-45(57)58)5-3-7-39(28)40-8-4-6-38(29(40)2)32-9-10-35(52-22-32)23-48-11-12-49-24-36(53)15-44(55)56/h3-10,13-14,17,19-20,22,36-37,48-49,51,53-54H,11-12,15-16,21,23-27H2,1-2H3,(H,55,56)(H,57,58)/t36-,37-/m0/s1. The van der Waals surface area contributed by atoms with Gasteiger partial charge in [0.1, 0.15) is 30.8 Å². The Morgan fingerprint density at radius 1 is 0.750 bits per heavy atom. The molecule has 2 aromatic heterocycles. The van der Waals surface area contributed by atoms with Gasteiger partial charge in [0, 0.05) is 80.6 Å². The molecule has 60 heavy (non-hydrogen) atoms. The van der Waals surface area contributed by atoms with Crippen molar-refractivity contribution in [2.75, 3.05) is 26.2 Å². The van der Waals surface area contributed by atoms with Gasteiger partial charge in [0.05, 0.1) is 41.3 Å². The average molecular weight is 837 g/mol. The van der Waals surface area contributed by atoms with E-state index in [2.05, 4.69) is 70.1 Å². The van der Waals surface area contributed by atoms with Gasteiger partial charge in [0.25, 0.3) is 0 Å².